The predicted octanol–water partition coefficient (Wildman–Crippen LogP) is 1.98. The molecule has 0 unspecified atom stereocenters. The van der Waals surface area contributed by atoms with Crippen LogP contribution in [-0.4, -0.2) is 69.5 Å². The van der Waals surface area contributed by atoms with Gasteiger partial charge in [0, 0.05) is 38.0 Å². The van der Waals surface area contributed by atoms with Crippen LogP contribution in [0.5, 0.6) is 0 Å². The smallest absolute Gasteiger partial charge is 0.303 e. The maximum atomic E-state index is 12.1. The summed E-state index contributed by atoms with van der Waals surface area (Å²) in [6.07, 6.45) is -1.64. The van der Waals surface area contributed by atoms with Crippen molar-refractivity contribution in [2.75, 3.05) is 0 Å². The highest BCUT2D eigenvalue weighted by molar-refractivity contribution is 5.67. The number of rotatable bonds is 3. The summed E-state index contributed by atoms with van der Waals surface area (Å²) in [4.78, 5) is 24.1. The SMILES string of the molecule is CC(=O)O[C@H]1[C@H](C(C)C)[C@@H]2[C@@H]([C@H]3C[C@](C)(O)[C@@H](O)CC[C@](C)(OC(C)=O)[C@@H]2O3)[C@@]2(C)O[C@@H]12. The number of aliphatic hydroxyl groups excluding tert-OH is 1. The van der Waals surface area contributed by atoms with Crippen molar-refractivity contribution >= 4 is 11.9 Å². The summed E-state index contributed by atoms with van der Waals surface area (Å²) in [5, 5.41) is 21.9. The van der Waals surface area contributed by atoms with Gasteiger partial charge in [-0.05, 0) is 39.5 Å². The third kappa shape index (κ3) is 3.67. The zero-order chi connectivity index (χ0) is 23.8. The van der Waals surface area contributed by atoms with Gasteiger partial charge in [0.2, 0.25) is 0 Å². The number of ether oxygens (including phenoxy) is 4. The van der Waals surface area contributed by atoms with Crippen molar-refractivity contribution in [3.8, 4) is 0 Å². The van der Waals surface area contributed by atoms with Crippen LogP contribution in [0.3, 0.4) is 0 Å². The van der Waals surface area contributed by atoms with Gasteiger partial charge in [-0.15, -0.1) is 0 Å². The number of esters is 2. The van der Waals surface area contributed by atoms with Crippen molar-refractivity contribution in [2.45, 2.75) is 115 Å². The molecule has 182 valence electrons. The Morgan fingerprint density at radius 1 is 1.09 bits per heavy atom. The maximum absolute atomic E-state index is 12.1. The molecule has 0 radical (unpaired) electrons. The van der Waals surface area contributed by atoms with Crippen LogP contribution < -0.4 is 0 Å². The van der Waals surface area contributed by atoms with E-state index < -0.39 is 47.2 Å². The van der Waals surface area contributed by atoms with Crippen LogP contribution in [0.25, 0.3) is 0 Å². The minimum Gasteiger partial charge on any atom is -0.459 e. The molecule has 4 rings (SSSR count). The van der Waals surface area contributed by atoms with Crippen molar-refractivity contribution < 1.29 is 38.7 Å². The minimum absolute atomic E-state index is 0.0661. The molecule has 11 atom stereocenters. The van der Waals surface area contributed by atoms with Crippen molar-refractivity contribution in [1.29, 1.82) is 0 Å². The van der Waals surface area contributed by atoms with Crippen LogP contribution in [-0.2, 0) is 28.5 Å². The molecule has 4 aliphatic rings. The van der Waals surface area contributed by atoms with Crippen molar-refractivity contribution in [3.63, 3.8) is 0 Å². The number of hydrogen-bond acceptors (Lipinski definition) is 8. The lowest BCUT2D eigenvalue weighted by Gasteiger charge is -2.47. The summed E-state index contributed by atoms with van der Waals surface area (Å²) >= 11 is 0. The quantitative estimate of drug-likeness (QED) is 0.491. The molecule has 32 heavy (non-hydrogen) atoms. The standard InChI is InChI=1S/C24H38O8/c1-11(2)16-17-18(24(7)21(32-24)19(16)29-12(3)25)14-10-22(5,28)15(27)8-9-23(6,20(17)30-14)31-13(4)26/h11,14-21,27-28H,8-10H2,1-7H3/t14-,15+,16-,17-,18-,19+,20-,21+,22+,23+,24-/m1/s1. The average molecular weight is 455 g/mol. The largest absolute Gasteiger partial charge is 0.459 e. The van der Waals surface area contributed by atoms with E-state index in [2.05, 4.69) is 13.8 Å². The molecule has 0 aromatic carbocycles. The Balaban J connectivity index is 1.83. The molecule has 1 aliphatic carbocycles. The fourth-order valence-corrected chi connectivity index (χ4v) is 7.05. The second-order valence-corrected chi connectivity index (χ2v) is 11.3. The second-order valence-electron chi connectivity index (χ2n) is 11.3. The van der Waals surface area contributed by atoms with Crippen LogP contribution in [0.2, 0.25) is 0 Å². The number of epoxide rings is 1. The van der Waals surface area contributed by atoms with Gasteiger partial charge < -0.3 is 29.2 Å². The lowest BCUT2D eigenvalue weighted by molar-refractivity contribution is -0.183. The summed E-state index contributed by atoms with van der Waals surface area (Å²) < 4.78 is 24.6. The normalized spacial score (nSPS) is 52.2. The topological polar surface area (TPSA) is 115 Å². The molecule has 2 bridgehead atoms. The van der Waals surface area contributed by atoms with E-state index in [1.165, 1.54) is 13.8 Å². The van der Waals surface area contributed by atoms with Gasteiger partial charge in [-0.3, -0.25) is 9.59 Å². The minimum atomic E-state index is -1.35. The van der Waals surface area contributed by atoms with Gasteiger partial charge in [-0.1, -0.05) is 13.8 Å². The number of carbonyl (C=O) groups is 2. The van der Waals surface area contributed by atoms with Gasteiger partial charge in [-0.2, -0.15) is 0 Å². The summed E-state index contributed by atoms with van der Waals surface area (Å²) in [7, 11) is 0. The van der Waals surface area contributed by atoms with Gasteiger partial charge in [0.15, 0.2) is 0 Å². The molecule has 3 heterocycles. The summed E-state index contributed by atoms with van der Waals surface area (Å²) in [5.74, 6) is -0.882. The fraction of sp³-hybridized carbons (Fsp3) is 0.917. The Bertz CT molecular complexity index is 780. The van der Waals surface area contributed by atoms with E-state index in [0.717, 1.165) is 0 Å². The molecular weight excluding hydrogens is 416 g/mol. The maximum Gasteiger partial charge on any atom is 0.303 e. The van der Waals surface area contributed by atoms with Crippen molar-refractivity contribution in [1.82, 2.24) is 0 Å². The average Bonchev–Trinajstić information content (AvgIpc) is 3.19. The highest BCUT2D eigenvalue weighted by atomic mass is 16.7. The Kier molecular flexibility index (Phi) is 5.72. The first kappa shape index (κ1) is 23.9. The number of hydrogen-bond donors (Lipinski definition) is 2. The van der Waals surface area contributed by atoms with Gasteiger partial charge in [0.25, 0.3) is 0 Å². The molecule has 3 aliphatic heterocycles. The van der Waals surface area contributed by atoms with Crippen LogP contribution in [0.1, 0.15) is 67.7 Å². The van der Waals surface area contributed by atoms with E-state index in [1.807, 2.05) is 13.8 Å². The lowest BCUT2D eigenvalue weighted by Crippen LogP contribution is -2.58. The summed E-state index contributed by atoms with van der Waals surface area (Å²) in [6.45, 7) is 12.5. The molecule has 2 N–H and O–H groups in total. The lowest BCUT2D eigenvalue weighted by atomic mass is 9.57. The van der Waals surface area contributed by atoms with Crippen LogP contribution in [0, 0.1) is 23.7 Å². The molecule has 0 spiro atoms. The van der Waals surface area contributed by atoms with Gasteiger partial charge >= 0.3 is 11.9 Å². The molecule has 3 saturated heterocycles. The number of carbonyl (C=O) groups excluding carboxylic acids is 2. The number of fused-ring (bicyclic) bond motifs is 7. The van der Waals surface area contributed by atoms with Gasteiger partial charge in [-0.25, -0.2) is 0 Å². The summed E-state index contributed by atoms with van der Waals surface area (Å²) in [5.41, 5.74) is -2.93. The molecule has 0 amide bonds. The van der Waals surface area contributed by atoms with Crippen molar-refractivity contribution in [3.05, 3.63) is 0 Å². The first-order valence-corrected chi connectivity index (χ1v) is 11.8. The van der Waals surface area contributed by atoms with Crippen LogP contribution in [0.15, 0.2) is 0 Å². The third-order valence-electron chi connectivity index (χ3n) is 8.46. The van der Waals surface area contributed by atoms with Crippen LogP contribution in [0.4, 0.5) is 0 Å². The zero-order valence-electron chi connectivity index (χ0n) is 20.2. The van der Waals surface area contributed by atoms with Gasteiger partial charge in [0.05, 0.1) is 17.8 Å². The zero-order valence-corrected chi connectivity index (χ0v) is 20.2. The monoisotopic (exact) mass is 454 g/mol. The third-order valence-corrected chi connectivity index (χ3v) is 8.46. The molecule has 4 fully saturated rings. The molecular formula is C24H38O8. The fourth-order valence-electron chi connectivity index (χ4n) is 7.05. The molecule has 8 heteroatoms. The first-order valence-electron chi connectivity index (χ1n) is 11.8. The highest BCUT2D eigenvalue weighted by Crippen LogP contribution is 2.65. The van der Waals surface area contributed by atoms with E-state index in [9.17, 15) is 19.8 Å². The van der Waals surface area contributed by atoms with E-state index in [4.69, 9.17) is 18.9 Å². The van der Waals surface area contributed by atoms with Gasteiger partial charge in [0.1, 0.15) is 29.5 Å². The second kappa shape index (κ2) is 7.65. The number of aliphatic hydroxyl groups is 2. The van der Waals surface area contributed by atoms with Crippen molar-refractivity contribution in [2.24, 2.45) is 23.7 Å². The molecule has 1 saturated carbocycles. The van der Waals surface area contributed by atoms with E-state index in [1.54, 1.807) is 6.92 Å². The van der Waals surface area contributed by atoms with Crippen LogP contribution >= 0.6 is 0 Å². The predicted molar refractivity (Wildman–Crippen MR) is 113 cm³/mol. The highest BCUT2D eigenvalue weighted by Gasteiger charge is 2.76. The molecule has 0 aromatic heterocycles. The Hall–Kier alpha value is -1.22. The molecule has 8 nitrogen and oxygen atoms in total. The van der Waals surface area contributed by atoms with E-state index >= 15 is 0 Å². The Morgan fingerprint density at radius 2 is 1.75 bits per heavy atom. The van der Waals surface area contributed by atoms with E-state index in [-0.39, 0.29) is 48.6 Å². The molecule has 0 aromatic rings. The Labute approximate surface area is 189 Å². The Morgan fingerprint density at radius 3 is 2.31 bits per heavy atom. The first-order chi connectivity index (χ1) is 14.7. The summed E-state index contributed by atoms with van der Waals surface area (Å²) in [6, 6.07) is 0. The van der Waals surface area contributed by atoms with E-state index in [0.29, 0.717) is 6.42 Å².